The molecule has 1 N–H and O–H groups in total. The van der Waals surface area contributed by atoms with Gasteiger partial charge < -0.3 is 5.11 Å². The molecule has 0 amide bonds. The molecule has 3 heteroatoms. The standard InChI is InChI=1S/C27H35NO2/c1-5-21-23(18(4)29)14-15-28(26(21)19-10-7-6-8-11-19)27-24(30)16-20-12-9-13-22(17(2)3)25(20)27/h6-13,17,21,23-24,26-27,30H,5,14-16H2,1-4H3/t21-,23?,24+,26+,27+/m0/s1. The highest BCUT2D eigenvalue weighted by Crippen LogP contribution is 2.50. The van der Waals surface area contributed by atoms with Crippen molar-refractivity contribution >= 4 is 5.78 Å². The summed E-state index contributed by atoms with van der Waals surface area (Å²) in [5.74, 6) is 1.08. The van der Waals surface area contributed by atoms with Crippen molar-refractivity contribution in [3.05, 3.63) is 70.8 Å². The molecule has 1 heterocycles. The molecule has 1 fully saturated rings. The molecule has 1 unspecified atom stereocenters. The van der Waals surface area contributed by atoms with Crippen LogP contribution >= 0.6 is 0 Å². The summed E-state index contributed by atoms with van der Waals surface area (Å²) in [6.07, 6.45) is 2.14. The van der Waals surface area contributed by atoms with Crippen LogP contribution in [0.2, 0.25) is 0 Å². The Morgan fingerprint density at radius 3 is 2.47 bits per heavy atom. The van der Waals surface area contributed by atoms with E-state index in [4.69, 9.17) is 0 Å². The first-order chi connectivity index (χ1) is 14.4. The molecule has 0 aromatic heterocycles. The van der Waals surface area contributed by atoms with E-state index in [1.165, 1.54) is 22.3 Å². The fourth-order valence-corrected chi connectivity index (χ4v) is 6.11. The third kappa shape index (κ3) is 3.63. The van der Waals surface area contributed by atoms with Crippen molar-refractivity contribution < 1.29 is 9.90 Å². The molecule has 30 heavy (non-hydrogen) atoms. The number of hydrogen-bond acceptors (Lipinski definition) is 3. The van der Waals surface area contributed by atoms with Crippen molar-refractivity contribution in [1.82, 2.24) is 4.90 Å². The van der Waals surface area contributed by atoms with Gasteiger partial charge in [-0.25, -0.2) is 0 Å². The summed E-state index contributed by atoms with van der Waals surface area (Å²) in [5.41, 5.74) is 5.23. The van der Waals surface area contributed by atoms with Gasteiger partial charge in [0.15, 0.2) is 0 Å². The lowest BCUT2D eigenvalue weighted by Gasteiger charge is -2.49. The number of aliphatic hydroxyl groups is 1. The Hall–Kier alpha value is -1.97. The molecule has 4 rings (SSSR count). The number of fused-ring (bicyclic) bond motifs is 1. The van der Waals surface area contributed by atoms with E-state index in [9.17, 15) is 9.90 Å². The van der Waals surface area contributed by atoms with Crippen LogP contribution in [0.15, 0.2) is 48.5 Å². The summed E-state index contributed by atoms with van der Waals surface area (Å²) in [5, 5.41) is 11.3. The molecule has 1 saturated heterocycles. The van der Waals surface area contributed by atoms with Gasteiger partial charge in [-0.3, -0.25) is 9.69 Å². The number of aliphatic hydroxyl groups excluding tert-OH is 1. The number of benzene rings is 2. The average molecular weight is 406 g/mol. The first-order valence-corrected chi connectivity index (χ1v) is 11.5. The van der Waals surface area contributed by atoms with Gasteiger partial charge in [0, 0.05) is 24.9 Å². The van der Waals surface area contributed by atoms with Crippen LogP contribution in [0, 0.1) is 11.8 Å². The van der Waals surface area contributed by atoms with Crippen LogP contribution in [0.5, 0.6) is 0 Å². The van der Waals surface area contributed by atoms with E-state index >= 15 is 0 Å². The van der Waals surface area contributed by atoms with Crippen LogP contribution in [-0.4, -0.2) is 28.4 Å². The van der Waals surface area contributed by atoms with Gasteiger partial charge in [0.25, 0.3) is 0 Å². The maximum Gasteiger partial charge on any atom is 0.133 e. The van der Waals surface area contributed by atoms with Crippen LogP contribution in [0.3, 0.4) is 0 Å². The Morgan fingerprint density at radius 1 is 1.10 bits per heavy atom. The fourth-order valence-electron chi connectivity index (χ4n) is 6.11. The summed E-state index contributed by atoms with van der Waals surface area (Å²) < 4.78 is 0. The second-order valence-electron chi connectivity index (χ2n) is 9.46. The smallest absolute Gasteiger partial charge is 0.133 e. The van der Waals surface area contributed by atoms with Crippen LogP contribution in [0.4, 0.5) is 0 Å². The van der Waals surface area contributed by atoms with Crippen LogP contribution in [0.1, 0.15) is 80.8 Å². The van der Waals surface area contributed by atoms with Gasteiger partial charge in [0.05, 0.1) is 12.1 Å². The van der Waals surface area contributed by atoms with E-state index in [0.717, 1.165) is 19.4 Å². The van der Waals surface area contributed by atoms with Crippen LogP contribution in [-0.2, 0) is 11.2 Å². The molecule has 2 aliphatic rings. The zero-order chi connectivity index (χ0) is 21.4. The van der Waals surface area contributed by atoms with Crippen molar-refractivity contribution in [3.63, 3.8) is 0 Å². The van der Waals surface area contributed by atoms with E-state index in [1.54, 1.807) is 6.92 Å². The number of carbonyl (C=O) groups is 1. The van der Waals surface area contributed by atoms with E-state index in [-0.39, 0.29) is 23.9 Å². The Labute approximate surface area is 181 Å². The Bertz CT molecular complexity index is 891. The van der Waals surface area contributed by atoms with Crippen molar-refractivity contribution in [2.45, 2.75) is 71.1 Å². The monoisotopic (exact) mass is 405 g/mol. The number of likely N-dealkylation sites (tertiary alicyclic amines) is 1. The highest BCUT2D eigenvalue weighted by molar-refractivity contribution is 5.78. The summed E-state index contributed by atoms with van der Waals surface area (Å²) >= 11 is 0. The lowest BCUT2D eigenvalue weighted by molar-refractivity contribution is -0.127. The molecule has 2 aromatic rings. The van der Waals surface area contributed by atoms with Gasteiger partial charge in [0.2, 0.25) is 0 Å². The predicted octanol–water partition coefficient (Wildman–Crippen LogP) is 5.45. The summed E-state index contributed by atoms with van der Waals surface area (Å²) in [4.78, 5) is 15.0. The number of ketones is 1. The molecule has 5 atom stereocenters. The molecule has 1 aliphatic heterocycles. The fraction of sp³-hybridized carbons (Fsp3) is 0.519. The first kappa shape index (κ1) is 21.3. The van der Waals surface area contributed by atoms with Gasteiger partial charge in [-0.05, 0) is 47.4 Å². The van der Waals surface area contributed by atoms with Gasteiger partial charge >= 0.3 is 0 Å². The zero-order valence-corrected chi connectivity index (χ0v) is 18.7. The second-order valence-corrected chi connectivity index (χ2v) is 9.46. The topological polar surface area (TPSA) is 40.5 Å². The van der Waals surface area contributed by atoms with Gasteiger partial charge in [-0.1, -0.05) is 75.7 Å². The van der Waals surface area contributed by atoms with Gasteiger partial charge in [-0.15, -0.1) is 0 Å². The molecule has 2 aromatic carbocycles. The van der Waals surface area contributed by atoms with Crippen LogP contribution < -0.4 is 0 Å². The van der Waals surface area contributed by atoms with E-state index in [2.05, 4.69) is 74.2 Å². The minimum Gasteiger partial charge on any atom is -0.391 e. The van der Waals surface area contributed by atoms with E-state index < -0.39 is 6.10 Å². The van der Waals surface area contributed by atoms with Crippen molar-refractivity contribution in [2.24, 2.45) is 11.8 Å². The summed E-state index contributed by atoms with van der Waals surface area (Å²) in [7, 11) is 0. The molecule has 1 aliphatic carbocycles. The highest BCUT2D eigenvalue weighted by atomic mass is 16.3. The summed E-state index contributed by atoms with van der Waals surface area (Å²) in [6.45, 7) is 9.28. The molecule has 3 nitrogen and oxygen atoms in total. The van der Waals surface area contributed by atoms with Gasteiger partial charge in [-0.2, -0.15) is 0 Å². The number of piperidine rings is 1. The average Bonchev–Trinajstić information content (AvgIpc) is 3.08. The second kappa shape index (κ2) is 8.64. The molecule has 0 saturated carbocycles. The molecule has 0 spiro atoms. The maximum atomic E-state index is 12.5. The molecular formula is C27H35NO2. The third-order valence-corrected chi connectivity index (χ3v) is 7.41. The number of rotatable bonds is 5. The lowest BCUT2D eigenvalue weighted by atomic mass is 9.72. The zero-order valence-electron chi connectivity index (χ0n) is 18.7. The van der Waals surface area contributed by atoms with E-state index in [0.29, 0.717) is 18.1 Å². The quantitative estimate of drug-likeness (QED) is 0.719. The minimum atomic E-state index is -0.405. The molecular weight excluding hydrogens is 370 g/mol. The number of nitrogens with zero attached hydrogens (tertiary/aromatic N) is 1. The normalized spacial score (nSPS) is 29.2. The van der Waals surface area contributed by atoms with Crippen LogP contribution in [0.25, 0.3) is 0 Å². The number of hydrogen-bond donors (Lipinski definition) is 1. The molecule has 160 valence electrons. The molecule has 0 bridgehead atoms. The van der Waals surface area contributed by atoms with Crippen molar-refractivity contribution in [2.75, 3.05) is 6.54 Å². The Balaban J connectivity index is 1.83. The third-order valence-electron chi connectivity index (χ3n) is 7.41. The highest BCUT2D eigenvalue weighted by Gasteiger charge is 2.47. The largest absolute Gasteiger partial charge is 0.391 e. The molecule has 0 radical (unpaired) electrons. The van der Waals surface area contributed by atoms with E-state index in [1.807, 2.05) is 0 Å². The minimum absolute atomic E-state index is 0.00855. The number of carbonyl (C=O) groups excluding carboxylic acids is 1. The van der Waals surface area contributed by atoms with Crippen molar-refractivity contribution in [3.8, 4) is 0 Å². The lowest BCUT2D eigenvalue weighted by Crippen LogP contribution is -2.48. The SMILES string of the molecule is CC[C@H]1C(C(C)=O)CCN([C@H]2c3c(cccc3C(C)C)C[C@H]2O)[C@@H]1c1ccccc1. The predicted molar refractivity (Wildman–Crippen MR) is 121 cm³/mol. The number of Topliss-reactive ketones (excluding diaryl/α,β-unsaturated/α-hetero) is 1. The first-order valence-electron chi connectivity index (χ1n) is 11.5. The Morgan fingerprint density at radius 2 is 1.83 bits per heavy atom. The maximum absolute atomic E-state index is 12.5. The summed E-state index contributed by atoms with van der Waals surface area (Å²) in [6, 6.07) is 17.3. The van der Waals surface area contributed by atoms with Crippen molar-refractivity contribution in [1.29, 1.82) is 0 Å². The Kier molecular flexibility index (Phi) is 6.13. The van der Waals surface area contributed by atoms with Gasteiger partial charge in [0.1, 0.15) is 5.78 Å².